The molecular weight excluding hydrogens is 248 g/mol. The summed E-state index contributed by atoms with van der Waals surface area (Å²) in [5.41, 5.74) is 1.15. The van der Waals surface area contributed by atoms with Crippen LogP contribution < -0.4 is 5.32 Å². The van der Waals surface area contributed by atoms with E-state index in [1.807, 2.05) is 19.1 Å². The molecule has 1 aromatic rings. The summed E-state index contributed by atoms with van der Waals surface area (Å²) in [6, 6.07) is 7.21. The lowest BCUT2D eigenvalue weighted by Crippen LogP contribution is -2.52. The second-order valence-electron chi connectivity index (χ2n) is 4.67. The van der Waals surface area contributed by atoms with Crippen molar-refractivity contribution in [3.8, 4) is 0 Å². The van der Waals surface area contributed by atoms with E-state index in [1.165, 1.54) is 0 Å². The van der Waals surface area contributed by atoms with Crippen LogP contribution in [0.5, 0.6) is 0 Å². The molecule has 0 bridgehead atoms. The number of hydrogen-bond donors (Lipinski definition) is 1. The lowest BCUT2D eigenvalue weighted by Gasteiger charge is -2.32. The molecule has 1 N–H and O–H groups in total. The minimum atomic E-state index is -3.34. The predicted octanol–water partition coefficient (Wildman–Crippen LogP) is 1.23. The fourth-order valence-corrected chi connectivity index (χ4v) is 3.84. The number of sulfonamides is 1. The molecule has 1 fully saturated rings. The first-order chi connectivity index (χ1) is 8.55. The molecule has 0 spiro atoms. The minimum absolute atomic E-state index is 0.00889. The maximum absolute atomic E-state index is 12.5. The quantitative estimate of drug-likeness (QED) is 0.897. The van der Waals surface area contributed by atoms with Gasteiger partial charge in [0.25, 0.3) is 0 Å². The average Bonchev–Trinajstić information content (AvgIpc) is 2.39. The maximum atomic E-state index is 12.5. The Morgan fingerprint density at radius 3 is 2.56 bits per heavy atom. The van der Waals surface area contributed by atoms with E-state index in [9.17, 15) is 8.42 Å². The van der Waals surface area contributed by atoms with E-state index in [4.69, 9.17) is 0 Å². The molecule has 1 atom stereocenters. The van der Waals surface area contributed by atoms with Crippen molar-refractivity contribution in [1.82, 2.24) is 9.62 Å². The first-order valence-corrected chi connectivity index (χ1v) is 7.81. The summed E-state index contributed by atoms with van der Waals surface area (Å²) in [6.07, 6.45) is 0.921. The van der Waals surface area contributed by atoms with E-state index < -0.39 is 10.0 Å². The zero-order valence-corrected chi connectivity index (χ0v) is 11.7. The molecule has 5 heteroatoms. The number of piperazine rings is 1. The van der Waals surface area contributed by atoms with Crippen molar-refractivity contribution in [2.75, 3.05) is 19.6 Å². The van der Waals surface area contributed by atoms with Crippen LogP contribution in [0.3, 0.4) is 0 Å². The molecule has 0 aliphatic carbocycles. The van der Waals surface area contributed by atoms with Gasteiger partial charge in [-0.05, 0) is 31.0 Å². The Morgan fingerprint density at radius 2 is 2.00 bits per heavy atom. The Balaban J connectivity index is 2.28. The van der Waals surface area contributed by atoms with Gasteiger partial charge in [-0.2, -0.15) is 4.31 Å². The minimum Gasteiger partial charge on any atom is -0.314 e. The highest BCUT2D eigenvalue weighted by Crippen LogP contribution is 2.19. The van der Waals surface area contributed by atoms with Gasteiger partial charge in [0.1, 0.15) is 0 Å². The summed E-state index contributed by atoms with van der Waals surface area (Å²) < 4.78 is 26.6. The van der Waals surface area contributed by atoms with Crippen molar-refractivity contribution in [2.45, 2.75) is 31.2 Å². The second kappa shape index (κ2) is 5.38. The van der Waals surface area contributed by atoms with E-state index in [0.29, 0.717) is 18.0 Å². The number of hydrogen-bond acceptors (Lipinski definition) is 3. The van der Waals surface area contributed by atoms with Crippen LogP contribution in [0.2, 0.25) is 0 Å². The molecule has 1 aliphatic rings. The van der Waals surface area contributed by atoms with Crippen molar-refractivity contribution < 1.29 is 8.42 Å². The third-order valence-corrected chi connectivity index (χ3v) is 5.41. The summed E-state index contributed by atoms with van der Waals surface area (Å²) in [7, 11) is -3.34. The smallest absolute Gasteiger partial charge is 0.243 e. The Kier molecular flexibility index (Phi) is 4.04. The molecule has 100 valence electrons. The standard InChI is InChI=1S/C13H20N2O2S/c1-3-12-4-6-13(7-5-12)18(16,17)15-9-8-14-10-11(15)2/h4-7,11,14H,3,8-10H2,1-2H3/t11-/m0/s1. The zero-order valence-electron chi connectivity index (χ0n) is 10.9. The van der Waals surface area contributed by atoms with Gasteiger partial charge < -0.3 is 5.32 Å². The number of rotatable bonds is 3. The summed E-state index contributed by atoms with van der Waals surface area (Å²) in [5.74, 6) is 0. The third-order valence-electron chi connectivity index (χ3n) is 3.38. The molecular formula is C13H20N2O2S. The van der Waals surface area contributed by atoms with Crippen LogP contribution in [0, 0.1) is 0 Å². The highest BCUT2D eigenvalue weighted by atomic mass is 32.2. The summed E-state index contributed by atoms with van der Waals surface area (Å²) in [4.78, 5) is 0.397. The van der Waals surface area contributed by atoms with Gasteiger partial charge in [0.05, 0.1) is 4.90 Å². The lowest BCUT2D eigenvalue weighted by molar-refractivity contribution is 0.284. The van der Waals surface area contributed by atoms with Crippen LogP contribution in [0.4, 0.5) is 0 Å². The first-order valence-electron chi connectivity index (χ1n) is 6.37. The highest BCUT2D eigenvalue weighted by Gasteiger charge is 2.30. The topological polar surface area (TPSA) is 49.4 Å². The Bertz CT molecular complexity index is 496. The summed E-state index contributed by atoms with van der Waals surface area (Å²) >= 11 is 0. The van der Waals surface area contributed by atoms with E-state index in [-0.39, 0.29) is 6.04 Å². The molecule has 18 heavy (non-hydrogen) atoms. The molecule has 0 aromatic heterocycles. The van der Waals surface area contributed by atoms with Gasteiger partial charge in [0.15, 0.2) is 0 Å². The number of nitrogens with one attached hydrogen (secondary N) is 1. The van der Waals surface area contributed by atoms with Crippen LogP contribution in [-0.4, -0.2) is 38.4 Å². The fraction of sp³-hybridized carbons (Fsp3) is 0.538. The molecule has 1 aromatic carbocycles. The number of benzene rings is 1. The molecule has 4 nitrogen and oxygen atoms in total. The van der Waals surface area contributed by atoms with E-state index in [2.05, 4.69) is 12.2 Å². The van der Waals surface area contributed by atoms with Gasteiger partial charge in [0, 0.05) is 25.7 Å². The van der Waals surface area contributed by atoms with E-state index in [0.717, 1.165) is 18.5 Å². The van der Waals surface area contributed by atoms with Crippen molar-refractivity contribution in [1.29, 1.82) is 0 Å². The van der Waals surface area contributed by atoms with Gasteiger partial charge in [-0.1, -0.05) is 19.1 Å². The van der Waals surface area contributed by atoms with Crippen molar-refractivity contribution >= 4 is 10.0 Å². The average molecular weight is 268 g/mol. The predicted molar refractivity (Wildman–Crippen MR) is 72.0 cm³/mol. The van der Waals surface area contributed by atoms with Crippen LogP contribution in [-0.2, 0) is 16.4 Å². The monoisotopic (exact) mass is 268 g/mol. The number of aryl methyl sites for hydroxylation is 1. The largest absolute Gasteiger partial charge is 0.314 e. The van der Waals surface area contributed by atoms with Crippen molar-refractivity contribution in [3.63, 3.8) is 0 Å². The van der Waals surface area contributed by atoms with Gasteiger partial charge >= 0.3 is 0 Å². The molecule has 0 amide bonds. The molecule has 1 heterocycles. The van der Waals surface area contributed by atoms with Gasteiger partial charge in [0.2, 0.25) is 10.0 Å². The maximum Gasteiger partial charge on any atom is 0.243 e. The van der Waals surface area contributed by atoms with Gasteiger partial charge in [-0.15, -0.1) is 0 Å². The molecule has 0 radical (unpaired) electrons. The molecule has 2 rings (SSSR count). The summed E-state index contributed by atoms with van der Waals surface area (Å²) in [5, 5.41) is 3.20. The normalized spacial score (nSPS) is 22.0. The second-order valence-corrected chi connectivity index (χ2v) is 6.56. The Morgan fingerprint density at radius 1 is 1.33 bits per heavy atom. The number of nitrogens with zero attached hydrogens (tertiary/aromatic N) is 1. The highest BCUT2D eigenvalue weighted by molar-refractivity contribution is 7.89. The Hall–Kier alpha value is -0.910. The van der Waals surface area contributed by atoms with Crippen LogP contribution >= 0.6 is 0 Å². The van der Waals surface area contributed by atoms with Crippen molar-refractivity contribution in [2.24, 2.45) is 0 Å². The van der Waals surface area contributed by atoms with Crippen molar-refractivity contribution in [3.05, 3.63) is 29.8 Å². The van der Waals surface area contributed by atoms with Gasteiger partial charge in [-0.3, -0.25) is 0 Å². The molecule has 1 aliphatic heterocycles. The zero-order chi connectivity index (χ0) is 13.2. The Labute approximate surface area is 109 Å². The van der Waals surface area contributed by atoms with Crippen LogP contribution in [0.25, 0.3) is 0 Å². The summed E-state index contributed by atoms with van der Waals surface area (Å²) in [6.45, 7) is 5.97. The molecule has 0 unspecified atom stereocenters. The molecule has 1 saturated heterocycles. The fourth-order valence-electron chi connectivity index (χ4n) is 2.21. The van der Waals surface area contributed by atoms with Crippen LogP contribution in [0.15, 0.2) is 29.2 Å². The first kappa shape index (κ1) is 13.5. The van der Waals surface area contributed by atoms with Crippen LogP contribution in [0.1, 0.15) is 19.4 Å². The molecule has 0 saturated carbocycles. The van der Waals surface area contributed by atoms with E-state index in [1.54, 1.807) is 16.4 Å². The van der Waals surface area contributed by atoms with Gasteiger partial charge in [-0.25, -0.2) is 8.42 Å². The SMILES string of the molecule is CCc1ccc(S(=O)(=O)N2CCNC[C@@H]2C)cc1. The third kappa shape index (κ3) is 2.58. The van der Waals surface area contributed by atoms with E-state index >= 15 is 0 Å². The lowest BCUT2D eigenvalue weighted by atomic mass is 10.2.